The van der Waals surface area contributed by atoms with Gasteiger partial charge in [-0.15, -0.1) is 0 Å². The minimum Gasteiger partial charge on any atom is -0.298 e. The summed E-state index contributed by atoms with van der Waals surface area (Å²) in [5.74, 6) is 0. The summed E-state index contributed by atoms with van der Waals surface area (Å²) in [6.07, 6.45) is 4.23. The maximum Gasteiger partial charge on any atom is 0.275 e. The summed E-state index contributed by atoms with van der Waals surface area (Å²) in [6, 6.07) is 11.6. The van der Waals surface area contributed by atoms with Crippen LogP contribution in [0.4, 0.5) is 5.69 Å². The Morgan fingerprint density at radius 1 is 1.17 bits per heavy atom. The third-order valence-corrected chi connectivity index (χ3v) is 4.10. The number of hydrogen-bond acceptors (Lipinski definition) is 4. The Hall–Kier alpha value is -3.28. The number of nitrogens with zero attached hydrogens (tertiary/aromatic N) is 3. The number of benzene rings is 2. The van der Waals surface area contributed by atoms with Crippen molar-refractivity contribution in [3.05, 3.63) is 75.5 Å². The van der Waals surface area contributed by atoms with Gasteiger partial charge in [-0.1, -0.05) is 30.3 Å². The average molecular weight is 305 g/mol. The number of allylic oxidation sites excluding steroid dienone is 1. The van der Waals surface area contributed by atoms with Crippen molar-refractivity contribution in [3.8, 4) is 0 Å². The van der Waals surface area contributed by atoms with E-state index in [1.807, 2.05) is 18.2 Å². The highest BCUT2D eigenvalue weighted by Gasteiger charge is 2.31. The lowest BCUT2D eigenvalue weighted by Crippen LogP contribution is -2.19. The summed E-state index contributed by atoms with van der Waals surface area (Å²) in [5.41, 5.74) is 2.64. The van der Waals surface area contributed by atoms with Crippen LogP contribution in [0.1, 0.15) is 17.2 Å². The number of carbonyl (C=O) groups is 1. The largest absolute Gasteiger partial charge is 0.298 e. The summed E-state index contributed by atoms with van der Waals surface area (Å²) in [6.45, 7) is 0. The topological polar surface area (TPSA) is 78.0 Å². The Labute approximate surface area is 130 Å². The van der Waals surface area contributed by atoms with Gasteiger partial charge in [0, 0.05) is 22.6 Å². The van der Waals surface area contributed by atoms with Crippen molar-refractivity contribution in [3.63, 3.8) is 0 Å². The summed E-state index contributed by atoms with van der Waals surface area (Å²) in [4.78, 5) is 22.5. The summed E-state index contributed by atoms with van der Waals surface area (Å²) in [7, 11) is 0. The molecule has 1 aliphatic heterocycles. The van der Waals surface area contributed by atoms with Gasteiger partial charge in [0.05, 0.1) is 22.2 Å². The molecule has 1 aliphatic rings. The third-order valence-electron chi connectivity index (χ3n) is 4.10. The van der Waals surface area contributed by atoms with E-state index in [4.69, 9.17) is 0 Å². The van der Waals surface area contributed by atoms with Crippen molar-refractivity contribution in [1.29, 1.82) is 0 Å². The van der Waals surface area contributed by atoms with Gasteiger partial charge in [0.15, 0.2) is 0 Å². The first kappa shape index (κ1) is 13.4. The molecule has 0 fully saturated rings. The first-order valence-corrected chi connectivity index (χ1v) is 7.07. The number of carbonyl (C=O) groups excluding carboxylic acids is 1. The van der Waals surface area contributed by atoms with E-state index in [1.54, 1.807) is 35.2 Å². The zero-order valence-corrected chi connectivity index (χ0v) is 11.9. The molecule has 112 valence electrons. The van der Waals surface area contributed by atoms with Gasteiger partial charge in [0.2, 0.25) is 0 Å². The predicted molar refractivity (Wildman–Crippen MR) is 85.0 cm³/mol. The number of nitro groups is 1. The van der Waals surface area contributed by atoms with E-state index in [9.17, 15) is 14.9 Å². The quantitative estimate of drug-likeness (QED) is 0.423. The lowest BCUT2D eigenvalue weighted by Gasteiger charge is -2.23. The molecule has 0 unspecified atom stereocenters. The first-order valence-electron chi connectivity index (χ1n) is 7.07. The normalized spacial score (nSPS) is 16.2. The molecule has 0 amide bonds. The summed E-state index contributed by atoms with van der Waals surface area (Å²) >= 11 is 0. The molecule has 2 heterocycles. The van der Waals surface area contributed by atoms with Crippen LogP contribution in [0.15, 0.2) is 54.2 Å². The Balaban J connectivity index is 2.04. The number of rotatable bonds is 3. The molecule has 0 bridgehead atoms. The van der Waals surface area contributed by atoms with Gasteiger partial charge < -0.3 is 0 Å². The standard InChI is InChI=1S/C17H11N3O3/c21-10-13-8-11-4-3-5-12-9-18-19(16(11)12)17(13)14-6-1-2-7-15(14)20(22)23/h1-10,17H/t17-/m0/s1. The zero-order chi connectivity index (χ0) is 16.0. The van der Waals surface area contributed by atoms with E-state index in [2.05, 4.69) is 5.10 Å². The van der Waals surface area contributed by atoms with Crippen LogP contribution in [0.5, 0.6) is 0 Å². The number of para-hydroxylation sites is 2. The fourth-order valence-corrected chi connectivity index (χ4v) is 3.14. The van der Waals surface area contributed by atoms with Crippen molar-refractivity contribution in [1.82, 2.24) is 9.78 Å². The molecule has 0 saturated heterocycles. The lowest BCUT2D eigenvalue weighted by atomic mass is 9.93. The number of hydrogen-bond donors (Lipinski definition) is 0. The fourth-order valence-electron chi connectivity index (χ4n) is 3.14. The van der Waals surface area contributed by atoms with Crippen molar-refractivity contribution in [2.24, 2.45) is 0 Å². The minimum atomic E-state index is -0.596. The van der Waals surface area contributed by atoms with E-state index in [-0.39, 0.29) is 5.69 Å². The molecule has 1 atom stereocenters. The van der Waals surface area contributed by atoms with Gasteiger partial charge in [-0.3, -0.25) is 19.6 Å². The van der Waals surface area contributed by atoms with Crippen molar-refractivity contribution in [2.75, 3.05) is 0 Å². The molecule has 6 nitrogen and oxygen atoms in total. The zero-order valence-electron chi connectivity index (χ0n) is 11.9. The smallest absolute Gasteiger partial charge is 0.275 e. The van der Waals surface area contributed by atoms with Gasteiger partial charge in [-0.2, -0.15) is 5.10 Å². The lowest BCUT2D eigenvalue weighted by molar-refractivity contribution is -0.385. The SMILES string of the molecule is O=CC1=Cc2cccc3cnn(c23)[C@@H]1c1ccccc1[N+](=O)[O-]. The Morgan fingerprint density at radius 3 is 2.78 bits per heavy atom. The molecule has 0 N–H and O–H groups in total. The van der Waals surface area contributed by atoms with Gasteiger partial charge in [0.1, 0.15) is 12.3 Å². The van der Waals surface area contributed by atoms with E-state index >= 15 is 0 Å². The Kier molecular flexibility index (Phi) is 2.84. The summed E-state index contributed by atoms with van der Waals surface area (Å²) < 4.78 is 1.69. The molecule has 0 spiro atoms. The maximum absolute atomic E-state index is 11.6. The van der Waals surface area contributed by atoms with E-state index in [1.165, 1.54) is 6.07 Å². The molecule has 2 aromatic carbocycles. The van der Waals surface area contributed by atoms with Crippen LogP contribution >= 0.6 is 0 Å². The fraction of sp³-hybridized carbons (Fsp3) is 0.0588. The molecule has 6 heteroatoms. The van der Waals surface area contributed by atoms with Gasteiger partial charge >= 0.3 is 0 Å². The molecule has 0 aliphatic carbocycles. The van der Waals surface area contributed by atoms with Gasteiger partial charge in [-0.25, -0.2) is 0 Å². The van der Waals surface area contributed by atoms with Crippen LogP contribution in [0, 0.1) is 10.1 Å². The highest BCUT2D eigenvalue weighted by molar-refractivity contribution is 5.95. The molecule has 3 aromatic rings. The second-order valence-corrected chi connectivity index (χ2v) is 5.35. The Morgan fingerprint density at radius 2 is 2.00 bits per heavy atom. The number of nitro benzene ring substituents is 1. The average Bonchev–Trinajstić information content (AvgIpc) is 3.00. The highest BCUT2D eigenvalue weighted by atomic mass is 16.6. The third kappa shape index (κ3) is 1.88. The van der Waals surface area contributed by atoms with Crippen LogP contribution < -0.4 is 0 Å². The van der Waals surface area contributed by atoms with Crippen LogP contribution in [-0.2, 0) is 4.79 Å². The van der Waals surface area contributed by atoms with E-state index in [0.29, 0.717) is 11.1 Å². The summed E-state index contributed by atoms with van der Waals surface area (Å²) in [5, 5.41) is 16.7. The van der Waals surface area contributed by atoms with Crippen LogP contribution in [0.2, 0.25) is 0 Å². The molecule has 0 radical (unpaired) electrons. The highest BCUT2D eigenvalue weighted by Crippen LogP contribution is 2.39. The molecular formula is C17H11N3O3. The van der Waals surface area contributed by atoms with Crippen molar-refractivity contribution >= 4 is 29.0 Å². The molecule has 4 rings (SSSR count). The van der Waals surface area contributed by atoms with Crippen LogP contribution in [0.25, 0.3) is 17.0 Å². The monoisotopic (exact) mass is 305 g/mol. The second-order valence-electron chi connectivity index (χ2n) is 5.35. The molecule has 23 heavy (non-hydrogen) atoms. The first-order chi connectivity index (χ1) is 11.2. The van der Waals surface area contributed by atoms with E-state index < -0.39 is 11.0 Å². The molecule has 0 saturated carbocycles. The van der Waals surface area contributed by atoms with Crippen molar-refractivity contribution in [2.45, 2.75) is 6.04 Å². The van der Waals surface area contributed by atoms with Crippen molar-refractivity contribution < 1.29 is 9.72 Å². The van der Waals surface area contributed by atoms with E-state index in [0.717, 1.165) is 22.8 Å². The van der Waals surface area contributed by atoms with Gasteiger partial charge in [0.25, 0.3) is 5.69 Å². The van der Waals surface area contributed by atoms with Crippen LogP contribution in [0.3, 0.4) is 0 Å². The van der Waals surface area contributed by atoms with Gasteiger partial charge in [-0.05, 0) is 12.1 Å². The maximum atomic E-state index is 11.6. The number of aldehydes is 1. The minimum absolute atomic E-state index is 0.0201. The Bertz CT molecular complexity index is 988. The number of aromatic nitrogens is 2. The molecule has 1 aromatic heterocycles. The predicted octanol–water partition coefficient (Wildman–Crippen LogP) is 3.13. The van der Waals surface area contributed by atoms with Crippen LogP contribution in [-0.4, -0.2) is 21.0 Å². The molecular weight excluding hydrogens is 294 g/mol. The second kappa shape index (κ2) is 4.88.